The van der Waals surface area contributed by atoms with Gasteiger partial charge in [-0.3, -0.25) is 9.78 Å². The molecule has 1 N–H and O–H groups in total. The van der Waals surface area contributed by atoms with E-state index < -0.39 is 12.8 Å². The topological polar surface area (TPSA) is 72.1 Å². The number of ether oxygens (including phenoxy) is 1. The van der Waals surface area contributed by atoms with Crippen molar-refractivity contribution in [2.75, 3.05) is 7.11 Å². The monoisotopic (exact) mass is 247 g/mol. The number of hydrogen-bond donors (Lipinski definition) is 1. The van der Waals surface area contributed by atoms with Crippen molar-refractivity contribution < 1.29 is 13.6 Å². The maximum Gasteiger partial charge on any atom is 0.337 e. The molecule has 0 atom stereocenters. The summed E-state index contributed by atoms with van der Waals surface area (Å²) in [6, 6.07) is 3.75. The summed E-state index contributed by atoms with van der Waals surface area (Å²) in [5.74, 6) is -0.698. The fourth-order valence-corrected chi connectivity index (χ4v) is 1.52. The number of carbonyl (C=O) groups is 1. The molecule has 2 aromatic heterocycles. The quantitative estimate of drug-likeness (QED) is 0.817. The Morgan fingerprint density at radius 1 is 1.50 bits per heavy atom. The lowest BCUT2D eigenvalue weighted by Crippen LogP contribution is -2.07. The van der Waals surface area contributed by atoms with Crippen LogP contribution < -0.4 is 5.43 Å². The van der Waals surface area contributed by atoms with E-state index in [9.17, 15) is 9.59 Å². The smallest absolute Gasteiger partial charge is 0.337 e. The zero-order valence-electron chi connectivity index (χ0n) is 12.6. The van der Waals surface area contributed by atoms with E-state index in [1.54, 1.807) is 0 Å². The van der Waals surface area contributed by atoms with Crippen LogP contribution >= 0.6 is 0 Å². The molecule has 2 aromatic rings. The fraction of sp³-hybridized carbons (Fsp3) is 0.154. The molecule has 0 aliphatic carbocycles. The van der Waals surface area contributed by atoms with Crippen molar-refractivity contribution in [2.24, 2.45) is 0 Å². The van der Waals surface area contributed by atoms with Gasteiger partial charge in [0.05, 0.1) is 23.9 Å². The predicted octanol–water partition coefficient (Wildman–Crippen LogP) is 1.53. The molecule has 18 heavy (non-hydrogen) atoms. The molecule has 0 aliphatic rings. The zero-order chi connectivity index (χ0) is 15.6. The molecule has 2 rings (SSSR count). The van der Waals surface area contributed by atoms with Crippen molar-refractivity contribution in [3.05, 3.63) is 52.1 Å². The lowest BCUT2D eigenvalue weighted by Gasteiger charge is -2.05. The highest BCUT2D eigenvalue weighted by Crippen LogP contribution is 2.15. The number of aromatic amines is 1. The number of rotatable bonds is 2. The first-order chi connectivity index (χ1) is 9.82. The van der Waals surface area contributed by atoms with E-state index in [1.807, 2.05) is 0 Å². The molecule has 0 fully saturated rings. The Morgan fingerprint density at radius 3 is 3.00 bits per heavy atom. The maximum atomic E-state index is 11.8. The maximum absolute atomic E-state index is 11.8. The second-order valence-electron chi connectivity index (χ2n) is 3.54. The van der Waals surface area contributed by atoms with E-state index in [2.05, 4.69) is 14.7 Å². The van der Waals surface area contributed by atoms with Crippen LogP contribution in [-0.4, -0.2) is 23.0 Å². The summed E-state index contributed by atoms with van der Waals surface area (Å²) in [4.78, 5) is 30.1. The summed E-state index contributed by atoms with van der Waals surface area (Å²) in [5.41, 5.74) is -0.306. The first-order valence-corrected chi connectivity index (χ1v) is 5.11. The minimum absolute atomic E-state index is 0.0249. The van der Waals surface area contributed by atoms with E-state index in [0.717, 1.165) is 6.07 Å². The Morgan fingerprint density at radius 2 is 2.33 bits per heavy atom. The third-order valence-electron chi connectivity index (χ3n) is 2.35. The lowest BCUT2D eigenvalue weighted by molar-refractivity contribution is 0.0600. The molecular formula is C13H12N2O3. The number of hydrogen-bond acceptors (Lipinski definition) is 4. The van der Waals surface area contributed by atoms with Gasteiger partial charge in [0.2, 0.25) is 0 Å². The lowest BCUT2D eigenvalue weighted by atomic mass is 10.1. The van der Waals surface area contributed by atoms with Crippen LogP contribution in [0.2, 0.25) is 0 Å². The highest BCUT2D eigenvalue weighted by atomic mass is 16.5. The molecule has 0 unspecified atom stereocenters. The largest absolute Gasteiger partial charge is 0.465 e. The number of pyridine rings is 2. The zero-order valence-corrected chi connectivity index (χ0v) is 9.56. The van der Waals surface area contributed by atoms with Crippen LogP contribution in [0.25, 0.3) is 11.3 Å². The van der Waals surface area contributed by atoms with Crippen molar-refractivity contribution in [3.8, 4) is 11.3 Å². The number of H-pyrrole nitrogens is 1. The highest BCUT2D eigenvalue weighted by Gasteiger charge is 2.11. The number of nitrogens with one attached hydrogen (secondary N) is 1. The van der Waals surface area contributed by atoms with E-state index in [4.69, 9.17) is 4.11 Å². The average Bonchev–Trinajstić information content (AvgIpc) is 2.45. The molecule has 2 heterocycles. The predicted molar refractivity (Wildman–Crippen MR) is 66.4 cm³/mol. The minimum Gasteiger partial charge on any atom is -0.465 e. The number of aryl methyl sites for hydroxylation is 1. The van der Waals surface area contributed by atoms with Gasteiger partial charge in [0.1, 0.15) is 0 Å². The van der Waals surface area contributed by atoms with Crippen LogP contribution in [0.4, 0.5) is 0 Å². The van der Waals surface area contributed by atoms with Gasteiger partial charge >= 0.3 is 5.97 Å². The number of nitrogens with zero attached hydrogens (tertiary/aromatic N) is 1. The van der Waals surface area contributed by atoms with E-state index in [-0.39, 0.29) is 27.9 Å². The standard InChI is InChI=1S/C13H12N2O3/c1-8-5-9(13(17)18-2)6-11(15-8)10-7-14-4-3-12(10)16/h3-7H,1-2H3,(H,14,16)/i1D3. The van der Waals surface area contributed by atoms with E-state index >= 15 is 0 Å². The molecule has 0 saturated carbocycles. The number of carbonyl (C=O) groups excluding carboxylic acids is 1. The molecule has 0 radical (unpaired) electrons. The Bertz CT molecular complexity index is 738. The van der Waals surface area contributed by atoms with Gasteiger partial charge in [0.25, 0.3) is 0 Å². The Hall–Kier alpha value is -2.43. The van der Waals surface area contributed by atoms with Gasteiger partial charge in [-0.25, -0.2) is 4.79 Å². The number of methoxy groups -OCH3 is 1. The molecule has 92 valence electrons. The van der Waals surface area contributed by atoms with Gasteiger partial charge in [0.15, 0.2) is 5.43 Å². The van der Waals surface area contributed by atoms with Gasteiger partial charge in [0, 0.05) is 28.3 Å². The SMILES string of the molecule is [2H]C([2H])([2H])c1cc(C(=O)OC)cc(-c2c[nH]ccc2=O)n1. The van der Waals surface area contributed by atoms with Crippen molar-refractivity contribution in [2.45, 2.75) is 6.85 Å². The summed E-state index contributed by atoms with van der Waals surface area (Å²) in [6.45, 7) is -2.50. The summed E-state index contributed by atoms with van der Waals surface area (Å²) >= 11 is 0. The normalized spacial score (nSPS) is 13.3. The molecule has 0 saturated heterocycles. The minimum atomic E-state index is -2.50. The molecule has 5 nitrogen and oxygen atoms in total. The highest BCUT2D eigenvalue weighted by molar-refractivity contribution is 5.90. The van der Waals surface area contributed by atoms with Crippen LogP contribution in [0.5, 0.6) is 0 Å². The van der Waals surface area contributed by atoms with Crippen LogP contribution in [0.1, 0.15) is 20.2 Å². The third-order valence-corrected chi connectivity index (χ3v) is 2.35. The number of esters is 1. The van der Waals surface area contributed by atoms with Gasteiger partial charge in [-0.1, -0.05) is 0 Å². The molecule has 0 bridgehead atoms. The van der Waals surface area contributed by atoms with Crippen LogP contribution in [0.3, 0.4) is 0 Å². The van der Waals surface area contributed by atoms with Crippen molar-refractivity contribution >= 4 is 5.97 Å². The van der Waals surface area contributed by atoms with Crippen LogP contribution in [-0.2, 0) is 4.74 Å². The van der Waals surface area contributed by atoms with Crippen molar-refractivity contribution in [1.29, 1.82) is 0 Å². The Kier molecular flexibility index (Phi) is 2.32. The van der Waals surface area contributed by atoms with E-state index in [1.165, 1.54) is 31.6 Å². The molecule has 0 aromatic carbocycles. The Balaban J connectivity index is 2.69. The summed E-state index contributed by atoms with van der Waals surface area (Å²) in [6.07, 6.45) is 2.84. The second-order valence-corrected chi connectivity index (χ2v) is 3.54. The Labute approximate surface area is 108 Å². The first-order valence-electron chi connectivity index (χ1n) is 6.61. The molecule has 0 amide bonds. The van der Waals surface area contributed by atoms with Gasteiger partial charge in [-0.05, 0) is 19.0 Å². The molecule has 5 heteroatoms. The van der Waals surface area contributed by atoms with Gasteiger partial charge in [-0.15, -0.1) is 0 Å². The number of aromatic nitrogens is 2. The summed E-state index contributed by atoms with van der Waals surface area (Å²) in [5, 5.41) is 0. The molecule has 0 spiro atoms. The fourth-order valence-electron chi connectivity index (χ4n) is 1.52. The summed E-state index contributed by atoms with van der Waals surface area (Å²) in [7, 11) is 1.19. The van der Waals surface area contributed by atoms with E-state index in [0.29, 0.717) is 0 Å². The van der Waals surface area contributed by atoms with Crippen molar-refractivity contribution in [1.82, 2.24) is 9.97 Å². The molecule has 0 aliphatic heterocycles. The summed E-state index contributed by atoms with van der Waals surface area (Å²) < 4.78 is 26.8. The average molecular weight is 247 g/mol. The van der Waals surface area contributed by atoms with Gasteiger partial charge in [-0.2, -0.15) is 0 Å². The van der Waals surface area contributed by atoms with Gasteiger partial charge < -0.3 is 9.72 Å². The first kappa shape index (κ1) is 8.63. The third kappa shape index (κ3) is 2.29. The van der Waals surface area contributed by atoms with Crippen molar-refractivity contribution in [3.63, 3.8) is 0 Å². The molecular weight excluding hydrogens is 232 g/mol. The van der Waals surface area contributed by atoms with Crippen LogP contribution in [0.15, 0.2) is 35.4 Å². The second kappa shape index (κ2) is 4.83. The van der Waals surface area contributed by atoms with Crippen LogP contribution in [0, 0.1) is 6.85 Å².